The number of benzene rings is 1. The number of hydrogen-bond acceptors (Lipinski definition) is 5. The molecular weight excluding hydrogens is 320 g/mol. The highest BCUT2D eigenvalue weighted by atomic mass is 16.7. The van der Waals surface area contributed by atoms with Crippen LogP contribution in [0.25, 0.3) is 0 Å². The minimum atomic E-state index is -0.221. The lowest BCUT2D eigenvalue weighted by atomic mass is 10.1. The number of ether oxygens (including phenoxy) is 2. The zero-order valence-corrected chi connectivity index (χ0v) is 13.9. The number of amides is 1. The first kappa shape index (κ1) is 14.8. The SMILES string of the molecule is O=C(NC1CC1)C1CN(Cc2ccc3c(c2)OCO3)Cc2cncn21. The number of nitrogens with one attached hydrogen (secondary N) is 1. The molecular formula is C18H20N4O3. The molecule has 0 saturated heterocycles. The van der Waals surface area contributed by atoms with Gasteiger partial charge in [0.25, 0.3) is 0 Å². The molecule has 1 N–H and O–H groups in total. The van der Waals surface area contributed by atoms with Gasteiger partial charge in [0, 0.05) is 31.9 Å². The molecule has 1 atom stereocenters. The molecule has 1 fully saturated rings. The van der Waals surface area contributed by atoms with Crippen molar-refractivity contribution in [3.05, 3.63) is 42.0 Å². The Balaban J connectivity index is 1.35. The van der Waals surface area contributed by atoms with E-state index in [9.17, 15) is 4.79 Å². The number of carbonyl (C=O) groups excluding carboxylic acids is 1. The van der Waals surface area contributed by atoms with Crippen molar-refractivity contribution in [1.82, 2.24) is 19.8 Å². The zero-order valence-electron chi connectivity index (χ0n) is 13.9. The summed E-state index contributed by atoms with van der Waals surface area (Å²) in [6.45, 7) is 2.50. The van der Waals surface area contributed by atoms with Gasteiger partial charge in [0.1, 0.15) is 6.04 Å². The molecule has 1 saturated carbocycles. The van der Waals surface area contributed by atoms with E-state index in [1.165, 1.54) is 0 Å². The fourth-order valence-electron chi connectivity index (χ4n) is 3.51. The van der Waals surface area contributed by atoms with Gasteiger partial charge < -0.3 is 19.4 Å². The van der Waals surface area contributed by atoms with E-state index in [0.717, 1.165) is 48.7 Å². The molecule has 1 aromatic carbocycles. The molecule has 3 heterocycles. The molecule has 3 aliphatic rings. The third-order valence-electron chi connectivity index (χ3n) is 4.97. The minimum absolute atomic E-state index is 0.0946. The number of imidazole rings is 1. The van der Waals surface area contributed by atoms with E-state index in [1.54, 1.807) is 6.33 Å². The van der Waals surface area contributed by atoms with Gasteiger partial charge in [-0.25, -0.2) is 4.98 Å². The number of hydrogen-bond donors (Lipinski definition) is 1. The molecule has 130 valence electrons. The Morgan fingerprint density at radius 1 is 1.28 bits per heavy atom. The maximum Gasteiger partial charge on any atom is 0.244 e. The number of rotatable bonds is 4. The Morgan fingerprint density at radius 3 is 3.04 bits per heavy atom. The molecule has 7 heteroatoms. The number of carbonyl (C=O) groups is 1. The predicted octanol–water partition coefficient (Wildman–Crippen LogP) is 1.45. The van der Waals surface area contributed by atoms with Gasteiger partial charge in [0.15, 0.2) is 11.5 Å². The largest absolute Gasteiger partial charge is 0.454 e. The van der Waals surface area contributed by atoms with Gasteiger partial charge in [-0.2, -0.15) is 0 Å². The van der Waals surface area contributed by atoms with Crippen LogP contribution in [0.15, 0.2) is 30.7 Å². The van der Waals surface area contributed by atoms with Crippen LogP contribution in [0.5, 0.6) is 11.5 Å². The molecule has 1 amide bonds. The lowest BCUT2D eigenvalue weighted by Crippen LogP contribution is -2.44. The van der Waals surface area contributed by atoms with Crippen LogP contribution in [-0.2, 0) is 17.9 Å². The molecule has 5 rings (SSSR count). The summed E-state index contributed by atoms with van der Waals surface area (Å²) in [5.41, 5.74) is 2.22. The molecule has 0 radical (unpaired) electrons. The van der Waals surface area contributed by atoms with Gasteiger partial charge in [-0.05, 0) is 30.5 Å². The van der Waals surface area contributed by atoms with Crippen molar-refractivity contribution < 1.29 is 14.3 Å². The summed E-state index contributed by atoms with van der Waals surface area (Å²) in [7, 11) is 0. The lowest BCUT2D eigenvalue weighted by Gasteiger charge is -2.33. The molecule has 1 aromatic heterocycles. The third kappa shape index (κ3) is 2.84. The Morgan fingerprint density at radius 2 is 2.16 bits per heavy atom. The van der Waals surface area contributed by atoms with Crippen LogP contribution >= 0.6 is 0 Å². The van der Waals surface area contributed by atoms with E-state index in [0.29, 0.717) is 12.6 Å². The minimum Gasteiger partial charge on any atom is -0.454 e. The van der Waals surface area contributed by atoms with Gasteiger partial charge in [-0.3, -0.25) is 9.69 Å². The van der Waals surface area contributed by atoms with E-state index in [2.05, 4.69) is 21.3 Å². The first-order valence-electron chi connectivity index (χ1n) is 8.68. The fraction of sp³-hybridized carbons (Fsp3) is 0.444. The molecule has 1 unspecified atom stereocenters. The molecule has 25 heavy (non-hydrogen) atoms. The van der Waals surface area contributed by atoms with Crippen LogP contribution in [-0.4, -0.2) is 39.7 Å². The Bertz CT molecular complexity index is 814. The van der Waals surface area contributed by atoms with E-state index >= 15 is 0 Å². The van der Waals surface area contributed by atoms with Crippen molar-refractivity contribution in [2.45, 2.75) is 38.0 Å². The Labute approximate surface area is 145 Å². The topological polar surface area (TPSA) is 68.6 Å². The average molecular weight is 340 g/mol. The van der Waals surface area contributed by atoms with Crippen molar-refractivity contribution in [3.63, 3.8) is 0 Å². The van der Waals surface area contributed by atoms with Gasteiger partial charge in [0.05, 0.1) is 12.0 Å². The lowest BCUT2D eigenvalue weighted by molar-refractivity contribution is -0.125. The first-order valence-corrected chi connectivity index (χ1v) is 8.68. The first-order chi connectivity index (χ1) is 12.3. The second-order valence-corrected chi connectivity index (χ2v) is 6.95. The maximum atomic E-state index is 12.6. The van der Waals surface area contributed by atoms with Crippen LogP contribution in [0.4, 0.5) is 0 Å². The van der Waals surface area contributed by atoms with Gasteiger partial charge in [-0.1, -0.05) is 6.07 Å². The highest BCUT2D eigenvalue weighted by molar-refractivity contribution is 5.81. The summed E-state index contributed by atoms with van der Waals surface area (Å²) in [5.74, 6) is 1.68. The van der Waals surface area contributed by atoms with Crippen molar-refractivity contribution in [3.8, 4) is 11.5 Å². The summed E-state index contributed by atoms with van der Waals surface area (Å²) in [5, 5.41) is 3.12. The van der Waals surface area contributed by atoms with E-state index in [-0.39, 0.29) is 18.7 Å². The van der Waals surface area contributed by atoms with Crippen molar-refractivity contribution in [2.75, 3.05) is 13.3 Å². The molecule has 2 aromatic rings. The Kier molecular flexibility index (Phi) is 3.41. The second kappa shape index (κ2) is 5.77. The summed E-state index contributed by atoms with van der Waals surface area (Å²) in [4.78, 5) is 19.2. The van der Waals surface area contributed by atoms with Crippen molar-refractivity contribution in [2.24, 2.45) is 0 Å². The quantitative estimate of drug-likeness (QED) is 0.912. The predicted molar refractivity (Wildman–Crippen MR) is 89.1 cm³/mol. The second-order valence-electron chi connectivity index (χ2n) is 6.95. The van der Waals surface area contributed by atoms with E-state index < -0.39 is 0 Å². The zero-order chi connectivity index (χ0) is 16.8. The van der Waals surface area contributed by atoms with Crippen LogP contribution in [0.2, 0.25) is 0 Å². The van der Waals surface area contributed by atoms with E-state index in [4.69, 9.17) is 9.47 Å². The van der Waals surface area contributed by atoms with Crippen LogP contribution in [0.1, 0.15) is 30.1 Å². The third-order valence-corrected chi connectivity index (χ3v) is 4.97. The standard InChI is InChI=1S/C18H20N4O3/c23-18(20-13-2-3-13)15-9-21(8-14-6-19-10-22(14)15)7-12-1-4-16-17(5-12)25-11-24-16/h1,4-6,10,13,15H,2-3,7-9,11H2,(H,20,23). The number of fused-ring (bicyclic) bond motifs is 2. The average Bonchev–Trinajstić information content (AvgIpc) is 3.10. The Hall–Kier alpha value is -2.54. The normalized spacial score (nSPS) is 21.8. The summed E-state index contributed by atoms with van der Waals surface area (Å²) in [6.07, 6.45) is 5.81. The number of nitrogens with zero attached hydrogens (tertiary/aromatic N) is 3. The fourth-order valence-corrected chi connectivity index (χ4v) is 3.51. The molecule has 2 aliphatic heterocycles. The van der Waals surface area contributed by atoms with Gasteiger partial charge in [-0.15, -0.1) is 0 Å². The van der Waals surface area contributed by atoms with Crippen LogP contribution < -0.4 is 14.8 Å². The summed E-state index contributed by atoms with van der Waals surface area (Å²) in [6, 6.07) is 6.17. The van der Waals surface area contributed by atoms with Crippen molar-refractivity contribution in [1.29, 1.82) is 0 Å². The smallest absolute Gasteiger partial charge is 0.244 e. The highest BCUT2D eigenvalue weighted by Gasteiger charge is 2.33. The van der Waals surface area contributed by atoms with Gasteiger partial charge in [0.2, 0.25) is 12.7 Å². The monoisotopic (exact) mass is 340 g/mol. The number of aromatic nitrogens is 2. The van der Waals surface area contributed by atoms with Crippen molar-refractivity contribution >= 4 is 5.91 Å². The molecule has 0 spiro atoms. The van der Waals surface area contributed by atoms with Gasteiger partial charge >= 0.3 is 0 Å². The van der Waals surface area contributed by atoms with E-state index in [1.807, 2.05) is 22.9 Å². The van der Waals surface area contributed by atoms with Crippen LogP contribution in [0.3, 0.4) is 0 Å². The molecule has 7 nitrogen and oxygen atoms in total. The molecule has 1 aliphatic carbocycles. The highest BCUT2D eigenvalue weighted by Crippen LogP contribution is 2.33. The van der Waals surface area contributed by atoms with Crippen LogP contribution in [0, 0.1) is 0 Å². The molecule has 0 bridgehead atoms. The maximum absolute atomic E-state index is 12.6. The summed E-state index contributed by atoms with van der Waals surface area (Å²) < 4.78 is 12.8. The summed E-state index contributed by atoms with van der Waals surface area (Å²) >= 11 is 0.